The minimum absolute atomic E-state index is 0.265. The summed E-state index contributed by atoms with van der Waals surface area (Å²) in [6.45, 7) is 1.51. The van der Waals surface area contributed by atoms with Crippen LogP contribution in [0, 0.1) is 5.82 Å². The number of ether oxygens (including phenoxy) is 3. The molecule has 0 saturated heterocycles. The van der Waals surface area contributed by atoms with Gasteiger partial charge in [0.05, 0.1) is 17.1 Å². The van der Waals surface area contributed by atoms with Crippen molar-refractivity contribution in [2.45, 2.75) is 13.0 Å². The third-order valence-corrected chi connectivity index (χ3v) is 3.64. The van der Waals surface area contributed by atoms with Crippen LogP contribution in [0.15, 0.2) is 46.9 Å². The van der Waals surface area contributed by atoms with Crippen LogP contribution in [0.4, 0.5) is 4.39 Å². The maximum Gasteiger partial charge on any atom is 0.352 e. The van der Waals surface area contributed by atoms with Crippen LogP contribution in [0.2, 0.25) is 0 Å². The first-order valence-electron chi connectivity index (χ1n) is 6.92. The summed E-state index contributed by atoms with van der Waals surface area (Å²) in [6.07, 6.45) is -0.910. The third-order valence-electron chi connectivity index (χ3n) is 3.02. The van der Waals surface area contributed by atoms with Gasteiger partial charge in [-0.15, -0.1) is 0 Å². The number of esters is 2. The lowest BCUT2D eigenvalue weighted by Crippen LogP contribution is -2.28. The molecule has 0 N–H and O–H groups in total. The number of halogens is 2. The van der Waals surface area contributed by atoms with Crippen LogP contribution in [-0.4, -0.2) is 25.2 Å². The second kappa shape index (κ2) is 7.92. The van der Waals surface area contributed by atoms with Crippen LogP contribution < -0.4 is 9.47 Å². The Balaban J connectivity index is 1.99. The average molecular weight is 397 g/mol. The zero-order valence-electron chi connectivity index (χ0n) is 12.9. The molecule has 0 aliphatic rings. The van der Waals surface area contributed by atoms with Crippen LogP contribution in [0.1, 0.15) is 17.3 Å². The summed E-state index contributed by atoms with van der Waals surface area (Å²) < 4.78 is 28.6. The molecule has 0 spiro atoms. The summed E-state index contributed by atoms with van der Waals surface area (Å²) in [7, 11) is 1.28. The van der Waals surface area contributed by atoms with Crippen molar-refractivity contribution in [1.29, 1.82) is 0 Å². The second-order valence-corrected chi connectivity index (χ2v) is 5.63. The van der Waals surface area contributed by atoms with Gasteiger partial charge in [-0.3, -0.25) is 0 Å². The van der Waals surface area contributed by atoms with Crippen LogP contribution >= 0.6 is 15.9 Å². The van der Waals surface area contributed by atoms with Gasteiger partial charge in [-0.1, -0.05) is 0 Å². The highest BCUT2D eigenvalue weighted by molar-refractivity contribution is 9.10. The molecule has 0 heterocycles. The van der Waals surface area contributed by atoms with E-state index in [2.05, 4.69) is 20.7 Å². The van der Waals surface area contributed by atoms with Gasteiger partial charge in [0.1, 0.15) is 17.3 Å². The highest BCUT2D eigenvalue weighted by Crippen LogP contribution is 2.26. The normalized spacial score (nSPS) is 11.5. The van der Waals surface area contributed by atoms with Crippen molar-refractivity contribution in [3.05, 3.63) is 58.3 Å². The van der Waals surface area contributed by atoms with Gasteiger partial charge in [-0.2, -0.15) is 0 Å². The predicted molar refractivity (Wildman–Crippen MR) is 87.6 cm³/mol. The van der Waals surface area contributed by atoms with Crippen LogP contribution in [-0.2, 0) is 9.53 Å². The van der Waals surface area contributed by atoms with E-state index < -0.39 is 23.9 Å². The standard InChI is InChI=1S/C17H14BrFO5/c1-10(23-15-8-5-12(19)9-14(15)18)16(20)24-13-6-3-11(4-7-13)17(21)22-2/h3-10H,1-2H3. The molecule has 0 aliphatic heterocycles. The molecule has 2 rings (SSSR count). The fourth-order valence-electron chi connectivity index (χ4n) is 1.79. The largest absolute Gasteiger partial charge is 0.478 e. The summed E-state index contributed by atoms with van der Waals surface area (Å²) in [5.41, 5.74) is 0.344. The van der Waals surface area contributed by atoms with E-state index in [9.17, 15) is 14.0 Å². The highest BCUT2D eigenvalue weighted by atomic mass is 79.9. The van der Waals surface area contributed by atoms with Gasteiger partial charge in [-0.05, 0) is 65.3 Å². The van der Waals surface area contributed by atoms with Gasteiger partial charge < -0.3 is 14.2 Å². The number of rotatable bonds is 5. The first-order valence-corrected chi connectivity index (χ1v) is 7.72. The number of hydrogen-bond acceptors (Lipinski definition) is 5. The Labute approximate surface area is 146 Å². The second-order valence-electron chi connectivity index (χ2n) is 4.77. The molecule has 0 aromatic heterocycles. The van der Waals surface area contributed by atoms with Gasteiger partial charge >= 0.3 is 11.9 Å². The Morgan fingerprint density at radius 1 is 1.12 bits per heavy atom. The fourth-order valence-corrected chi connectivity index (χ4v) is 2.23. The number of benzene rings is 2. The molecule has 0 radical (unpaired) electrons. The van der Waals surface area contributed by atoms with Crippen molar-refractivity contribution in [2.75, 3.05) is 7.11 Å². The molecular weight excluding hydrogens is 383 g/mol. The molecule has 0 bridgehead atoms. The van der Waals surface area contributed by atoms with Gasteiger partial charge in [-0.25, -0.2) is 14.0 Å². The van der Waals surface area contributed by atoms with Gasteiger partial charge in [0.2, 0.25) is 0 Å². The van der Waals surface area contributed by atoms with E-state index in [4.69, 9.17) is 9.47 Å². The van der Waals surface area contributed by atoms with Gasteiger partial charge in [0.15, 0.2) is 6.10 Å². The summed E-state index contributed by atoms with van der Waals surface area (Å²) in [5, 5.41) is 0. The van der Waals surface area contributed by atoms with Crippen molar-refractivity contribution in [3.63, 3.8) is 0 Å². The molecule has 0 amide bonds. The monoisotopic (exact) mass is 396 g/mol. The molecule has 7 heteroatoms. The lowest BCUT2D eigenvalue weighted by molar-refractivity contribution is -0.141. The number of methoxy groups -OCH3 is 1. The van der Waals surface area contributed by atoms with E-state index in [1.54, 1.807) is 0 Å². The van der Waals surface area contributed by atoms with E-state index in [0.717, 1.165) is 0 Å². The van der Waals surface area contributed by atoms with E-state index in [-0.39, 0.29) is 5.75 Å². The quantitative estimate of drug-likeness (QED) is 0.568. The van der Waals surface area contributed by atoms with Crippen LogP contribution in [0.3, 0.4) is 0 Å². The molecular formula is C17H14BrFO5. The van der Waals surface area contributed by atoms with Gasteiger partial charge in [0.25, 0.3) is 0 Å². The molecule has 2 aromatic carbocycles. The SMILES string of the molecule is COC(=O)c1ccc(OC(=O)C(C)Oc2ccc(F)cc2Br)cc1. The van der Waals surface area contributed by atoms with Crippen molar-refractivity contribution in [2.24, 2.45) is 0 Å². The van der Waals surface area contributed by atoms with E-state index in [0.29, 0.717) is 15.8 Å². The predicted octanol–water partition coefficient (Wildman–Crippen LogP) is 3.75. The van der Waals surface area contributed by atoms with Crippen LogP contribution in [0.25, 0.3) is 0 Å². The number of carbonyl (C=O) groups excluding carboxylic acids is 2. The molecule has 126 valence electrons. The lowest BCUT2D eigenvalue weighted by atomic mass is 10.2. The van der Waals surface area contributed by atoms with E-state index >= 15 is 0 Å². The highest BCUT2D eigenvalue weighted by Gasteiger charge is 2.19. The molecule has 0 saturated carbocycles. The Morgan fingerprint density at radius 2 is 1.79 bits per heavy atom. The molecule has 1 atom stereocenters. The van der Waals surface area contributed by atoms with Gasteiger partial charge in [0, 0.05) is 0 Å². The first-order chi connectivity index (χ1) is 11.4. The number of hydrogen-bond donors (Lipinski definition) is 0. The Hall–Kier alpha value is -2.41. The zero-order chi connectivity index (χ0) is 17.7. The van der Waals surface area contributed by atoms with Crippen molar-refractivity contribution < 1.29 is 28.2 Å². The lowest BCUT2D eigenvalue weighted by Gasteiger charge is -2.15. The maximum atomic E-state index is 13.0. The minimum atomic E-state index is -0.910. The molecule has 1 unspecified atom stereocenters. The summed E-state index contributed by atoms with van der Waals surface area (Å²) in [5.74, 6) is -0.943. The summed E-state index contributed by atoms with van der Waals surface area (Å²) in [4.78, 5) is 23.4. The smallest absolute Gasteiger partial charge is 0.352 e. The molecule has 24 heavy (non-hydrogen) atoms. The Kier molecular flexibility index (Phi) is 5.92. The Morgan fingerprint density at radius 3 is 2.38 bits per heavy atom. The number of carbonyl (C=O) groups is 2. The summed E-state index contributed by atoms with van der Waals surface area (Å²) >= 11 is 3.16. The topological polar surface area (TPSA) is 61.8 Å². The zero-order valence-corrected chi connectivity index (χ0v) is 14.5. The molecule has 0 fully saturated rings. The fraction of sp³-hybridized carbons (Fsp3) is 0.176. The van der Waals surface area contributed by atoms with Crippen LogP contribution in [0.5, 0.6) is 11.5 Å². The minimum Gasteiger partial charge on any atom is -0.478 e. The van der Waals surface area contributed by atoms with Crippen molar-refractivity contribution in [1.82, 2.24) is 0 Å². The van der Waals surface area contributed by atoms with E-state index in [1.165, 1.54) is 56.5 Å². The third kappa shape index (κ3) is 4.55. The van der Waals surface area contributed by atoms with Crippen molar-refractivity contribution in [3.8, 4) is 11.5 Å². The average Bonchev–Trinajstić information content (AvgIpc) is 2.57. The molecule has 5 nitrogen and oxygen atoms in total. The summed E-state index contributed by atoms with van der Waals surface area (Å²) in [6, 6.07) is 9.79. The van der Waals surface area contributed by atoms with Crippen molar-refractivity contribution >= 4 is 27.9 Å². The molecule has 0 aliphatic carbocycles. The van der Waals surface area contributed by atoms with E-state index in [1.807, 2.05) is 0 Å². The maximum absolute atomic E-state index is 13.0. The molecule has 2 aromatic rings. The first kappa shape index (κ1) is 17.9. The Bertz CT molecular complexity index is 745.